The topological polar surface area (TPSA) is 60.7 Å². The van der Waals surface area contributed by atoms with E-state index < -0.39 is 35.6 Å². The first kappa shape index (κ1) is 34.9. The smallest absolute Gasteiger partial charge is 0.393 e. The van der Waals surface area contributed by atoms with Gasteiger partial charge in [0.15, 0.2) is 0 Å². The Bertz CT molecular complexity index is 1030. The van der Waals surface area contributed by atoms with Crippen LogP contribution in [0.2, 0.25) is 0 Å². The highest BCUT2D eigenvalue weighted by atomic mass is 19.4. The lowest BCUT2D eigenvalue weighted by atomic mass is 9.60. The normalized spacial score (nSPS) is 33.8. The summed E-state index contributed by atoms with van der Waals surface area (Å²) >= 11 is 0. The van der Waals surface area contributed by atoms with E-state index in [9.17, 15) is 41.7 Å². The minimum absolute atomic E-state index is 0.0503. The van der Waals surface area contributed by atoms with E-state index in [1.807, 2.05) is 12.2 Å². The third-order valence-electron chi connectivity index (χ3n) is 10.1. The monoisotopic (exact) mass is 606 g/mol. The van der Waals surface area contributed by atoms with E-state index in [4.69, 9.17) is 0 Å². The zero-order chi connectivity index (χ0) is 31.7. The van der Waals surface area contributed by atoms with Gasteiger partial charge in [-0.3, -0.25) is 0 Å². The van der Waals surface area contributed by atoms with Crippen molar-refractivity contribution in [2.24, 2.45) is 23.2 Å². The number of alkyl halides is 6. The van der Waals surface area contributed by atoms with Crippen molar-refractivity contribution in [2.75, 3.05) is 0 Å². The largest absolute Gasteiger partial charge is 0.426 e. The highest BCUT2D eigenvalue weighted by Crippen LogP contribution is 2.60. The number of rotatable bonds is 10. The molecule has 42 heavy (non-hydrogen) atoms. The van der Waals surface area contributed by atoms with Gasteiger partial charge in [-0.25, -0.2) is 13.2 Å². The molecule has 0 aliphatic heterocycles. The molecule has 0 amide bonds. The molecule has 3 nitrogen and oxygen atoms in total. The van der Waals surface area contributed by atoms with Crippen LogP contribution in [-0.2, 0) is 0 Å². The molecule has 0 spiro atoms. The second-order valence-corrected chi connectivity index (χ2v) is 13.9. The van der Waals surface area contributed by atoms with E-state index in [0.29, 0.717) is 36.8 Å². The van der Waals surface area contributed by atoms with Crippen LogP contribution >= 0.6 is 0 Å². The lowest BCUT2D eigenvalue weighted by Gasteiger charge is -2.45. The lowest BCUT2D eigenvalue weighted by Crippen LogP contribution is -2.56. The maximum absolute atomic E-state index is 14.3. The second kappa shape index (κ2) is 12.8. The molecule has 3 fully saturated rings. The fraction of sp³-hybridized carbons (Fsp3) is 0.758. The van der Waals surface area contributed by atoms with Gasteiger partial charge in [-0.05, 0) is 112 Å². The quantitative estimate of drug-likeness (QED) is 0.173. The van der Waals surface area contributed by atoms with Gasteiger partial charge in [-0.2, -0.15) is 13.2 Å². The van der Waals surface area contributed by atoms with Gasteiger partial charge in [0.05, 0.1) is 11.7 Å². The first-order valence-corrected chi connectivity index (χ1v) is 15.2. The zero-order valence-corrected chi connectivity index (χ0v) is 25.3. The second-order valence-electron chi connectivity index (χ2n) is 13.9. The summed E-state index contributed by atoms with van der Waals surface area (Å²) < 4.78 is 82.6. The van der Waals surface area contributed by atoms with Gasteiger partial charge < -0.3 is 15.3 Å². The molecule has 0 saturated heterocycles. The third kappa shape index (κ3) is 7.73. The Kier molecular flexibility index (Phi) is 10.6. The Hall–Kier alpha value is -1.58. The third-order valence-corrected chi connectivity index (χ3v) is 10.1. The molecule has 0 radical (unpaired) electrons. The summed E-state index contributed by atoms with van der Waals surface area (Å²) in [5.41, 5.74) is -3.01. The molecule has 1 unspecified atom stereocenters. The zero-order valence-electron chi connectivity index (χ0n) is 25.3. The van der Waals surface area contributed by atoms with Crippen LogP contribution in [-0.4, -0.2) is 50.9 Å². The van der Waals surface area contributed by atoms with Crippen molar-refractivity contribution in [1.29, 1.82) is 0 Å². The van der Waals surface area contributed by atoms with Crippen LogP contribution in [0.1, 0.15) is 98.3 Å². The van der Waals surface area contributed by atoms with E-state index in [1.54, 1.807) is 13.8 Å². The Morgan fingerprint density at radius 3 is 2.33 bits per heavy atom. The van der Waals surface area contributed by atoms with Crippen LogP contribution in [0.5, 0.6) is 0 Å². The van der Waals surface area contributed by atoms with Gasteiger partial charge in [0, 0.05) is 13.3 Å². The number of halogens is 6. The van der Waals surface area contributed by atoms with Crippen LogP contribution < -0.4 is 0 Å². The average Bonchev–Trinajstić information content (AvgIpc) is 3.19. The average molecular weight is 607 g/mol. The van der Waals surface area contributed by atoms with E-state index in [0.717, 1.165) is 38.2 Å². The maximum atomic E-state index is 14.3. The number of aliphatic hydroxyl groups excluding tert-OH is 1. The van der Waals surface area contributed by atoms with Crippen molar-refractivity contribution in [2.45, 2.75) is 134 Å². The molecule has 0 bridgehead atoms. The number of hydrogen-bond donors (Lipinski definition) is 3. The maximum Gasteiger partial charge on any atom is 0.426 e. The summed E-state index contributed by atoms with van der Waals surface area (Å²) in [7, 11) is 0. The highest BCUT2D eigenvalue weighted by molar-refractivity contribution is 5.38. The molecular weight excluding hydrogens is 558 g/mol. The van der Waals surface area contributed by atoms with E-state index in [1.165, 1.54) is 5.57 Å². The van der Waals surface area contributed by atoms with Crippen molar-refractivity contribution < 1.29 is 41.7 Å². The van der Waals surface area contributed by atoms with Gasteiger partial charge in [-0.1, -0.05) is 43.7 Å². The fourth-order valence-electron chi connectivity index (χ4n) is 7.67. The first-order valence-electron chi connectivity index (χ1n) is 15.2. The van der Waals surface area contributed by atoms with Gasteiger partial charge in [0.1, 0.15) is 6.17 Å². The Morgan fingerprint density at radius 2 is 1.74 bits per heavy atom. The van der Waals surface area contributed by atoms with Crippen LogP contribution in [0.15, 0.2) is 47.6 Å². The van der Waals surface area contributed by atoms with Crippen molar-refractivity contribution in [3.05, 3.63) is 47.6 Å². The summed E-state index contributed by atoms with van der Waals surface area (Å²) in [5, 5.41) is 30.3. The standard InChI is InChI=1S/C33H48F6O3/c1-21-24(19-25(40)20-28(21)34)13-12-23-10-7-17-30(4)26(14-15-27(23)30)22(9-6-16-29(2,3)41)11-8-18-32(42,31(5,35)36)33(37,38)39/h8,12-13,18,22,25-28,40-42H,1,6-7,9-11,14-17,19-20H2,2-5H3/b18-8+,23-12+,24-13-/t22-,25-,26-,27+,28+,30-,32?/m1/s1. The van der Waals surface area contributed by atoms with E-state index in [-0.39, 0.29) is 49.0 Å². The van der Waals surface area contributed by atoms with Crippen molar-refractivity contribution >= 4 is 0 Å². The molecule has 0 aromatic rings. The van der Waals surface area contributed by atoms with Crippen LogP contribution in [0.3, 0.4) is 0 Å². The highest BCUT2D eigenvalue weighted by Gasteiger charge is 2.65. The van der Waals surface area contributed by atoms with Gasteiger partial charge in [0.2, 0.25) is 5.60 Å². The molecular formula is C33H48F6O3. The number of allylic oxidation sites excluding steroid dienone is 5. The van der Waals surface area contributed by atoms with Crippen LogP contribution in [0, 0.1) is 23.2 Å². The molecule has 3 aliphatic carbocycles. The molecule has 9 heteroatoms. The number of aliphatic hydroxyl groups is 3. The molecule has 7 atom stereocenters. The van der Waals surface area contributed by atoms with Crippen molar-refractivity contribution in [3.8, 4) is 0 Å². The molecule has 3 saturated carbocycles. The fourth-order valence-corrected chi connectivity index (χ4v) is 7.67. The summed E-state index contributed by atoms with van der Waals surface area (Å²) in [5.74, 6) is -4.22. The minimum Gasteiger partial charge on any atom is -0.393 e. The molecule has 0 heterocycles. The van der Waals surface area contributed by atoms with Gasteiger partial charge >= 0.3 is 6.18 Å². The van der Waals surface area contributed by atoms with Gasteiger partial charge in [0.25, 0.3) is 5.92 Å². The van der Waals surface area contributed by atoms with Crippen LogP contribution in [0.4, 0.5) is 26.3 Å². The summed E-state index contributed by atoms with van der Waals surface area (Å²) in [6.07, 6.45) is 4.24. The summed E-state index contributed by atoms with van der Waals surface area (Å²) in [6, 6.07) is 0. The van der Waals surface area contributed by atoms with Crippen molar-refractivity contribution in [1.82, 2.24) is 0 Å². The Morgan fingerprint density at radius 1 is 1.07 bits per heavy atom. The summed E-state index contributed by atoms with van der Waals surface area (Å²) in [6.45, 7) is 9.53. The molecule has 3 aliphatic rings. The molecule has 0 aromatic carbocycles. The Balaban J connectivity index is 1.87. The SMILES string of the molecule is C=C1/C(=C\C=C2/CCC[C@]3(C)[C@@H]([C@@H](C/C=C/C(O)(C(C)(F)F)C(F)(F)F)CCCC(C)(C)O)CC[C@@H]23)C[C@@H](O)C[C@@H]1F. The predicted molar refractivity (Wildman–Crippen MR) is 153 cm³/mol. The first-order chi connectivity index (χ1) is 19.2. The lowest BCUT2D eigenvalue weighted by molar-refractivity contribution is -0.305. The number of hydrogen-bond acceptors (Lipinski definition) is 3. The van der Waals surface area contributed by atoms with Gasteiger partial charge in [-0.15, -0.1) is 0 Å². The van der Waals surface area contributed by atoms with E-state index >= 15 is 0 Å². The molecule has 3 N–H and O–H groups in total. The minimum atomic E-state index is -5.54. The summed E-state index contributed by atoms with van der Waals surface area (Å²) in [4.78, 5) is 0. The Labute approximate surface area is 246 Å². The predicted octanol–water partition coefficient (Wildman–Crippen LogP) is 8.56. The molecule has 0 aromatic heterocycles. The van der Waals surface area contributed by atoms with E-state index in [2.05, 4.69) is 13.5 Å². The molecule has 3 rings (SSSR count). The van der Waals surface area contributed by atoms with Crippen molar-refractivity contribution in [3.63, 3.8) is 0 Å². The molecule has 240 valence electrons. The number of fused-ring (bicyclic) bond motifs is 1. The van der Waals surface area contributed by atoms with Crippen LogP contribution in [0.25, 0.3) is 0 Å².